The van der Waals surface area contributed by atoms with Gasteiger partial charge in [0.15, 0.2) is 0 Å². The molecular formula is C14H12BrN3O. The Morgan fingerprint density at radius 2 is 2.32 bits per heavy atom. The van der Waals surface area contributed by atoms with E-state index < -0.39 is 0 Å². The molecule has 1 aromatic carbocycles. The Balaban J connectivity index is 2.06. The van der Waals surface area contributed by atoms with Gasteiger partial charge in [0.25, 0.3) is 5.91 Å². The van der Waals surface area contributed by atoms with Crippen LogP contribution in [0.2, 0.25) is 0 Å². The monoisotopic (exact) mass is 317 g/mol. The van der Waals surface area contributed by atoms with Crippen molar-refractivity contribution in [2.24, 2.45) is 0 Å². The lowest BCUT2D eigenvalue weighted by Crippen LogP contribution is -2.03. The lowest BCUT2D eigenvalue weighted by atomic mass is 10.1. The lowest BCUT2D eigenvalue weighted by Gasteiger charge is -1.98. The summed E-state index contributed by atoms with van der Waals surface area (Å²) in [6, 6.07) is 5.76. The number of carbonyl (C=O) groups is 1. The summed E-state index contributed by atoms with van der Waals surface area (Å²) in [5, 5.41) is 7.07. The number of anilines is 1. The van der Waals surface area contributed by atoms with Crippen molar-refractivity contribution in [1.82, 2.24) is 9.78 Å². The first-order valence-electron chi connectivity index (χ1n) is 6.03. The van der Waals surface area contributed by atoms with E-state index in [9.17, 15) is 4.79 Å². The van der Waals surface area contributed by atoms with Gasteiger partial charge in [-0.25, -0.2) is 0 Å². The molecule has 0 bridgehead atoms. The Morgan fingerprint density at radius 3 is 3.05 bits per heavy atom. The third-order valence-corrected chi connectivity index (χ3v) is 3.55. The summed E-state index contributed by atoms with van der Waals surface area (Å²) in [5.74, 6) is -0.0719. The summed E-state index contributed by atoms with van der Waals surface area (Å²) in [5.41, 5.74) is 3.37. The molecule has 0 aliphatic carbocycles. The molecule has 19 heavy (non-hydrogen) atoms. The Bertz CT molecular complexity index is 688. The van der Waals surface area contributed by atoms with E-state index >= 15 is 0 Å². The summed E-state index contributed by atoms with van der Waals surface area (Å²) < 4.78 is 2.79. The second-order valence-electron chi connectivity index (χ2n) is 4.33. The molecule has 2 aromatic rings. The molecule has 1 amide bonds. The first-order valence-corrected chi connectivity index (χ1v) is 6.82. The molecule has 0 saturated carbocycles. The minimum absolute atomic E-state index is 0.0719. The van der Waals surface area contributed by atoms with Crippen LogP contribution < -0.4 is 5.32 Å². The number of halogens is 1. The maximum absolute atomic E-state index is 12.0. The fourth-order valence-electron chi connectivity index (χ4n) is 2.10. The molecule has 1 N–H and O–H groups in total. The number of aryl methyl sites for hydroxylation is 1. The Kier molecular flexibility index (Phi) is 2.98. The van der Waals surface area contributed by atoms with Gasteiger partial charge >= 0.3 is 0 Å². The molecule has 1 aliphatic rings. The molecular weight excluding hydrogens is 306 g/mol. The van der Waals surface area contributed by atoms with Gasteiger partial charge in [-0.05, 0) is 31.2 Å². The van der Waals surface area contributed by atoms with E-state index in [4.69, 9.17) is 0 Å². The highest BCUT2D eigenvalue weighted by molar-refractivity contribution is 9.10. The van der Waals surface area contributed by atoms with Crippen LogP contribution in [0, 0.1) is 0 Å². The zero-order chi connectivity index (χ0) is 13.4. The molecule has 0 atom stereocenters. The summed E-state index contributed by atoms with van der Waals surface area (Å²) >= 11 is 3.43. The molecule has 1 aromatic heterocycles. The average Bonchev–Trinajstić information content (AvgIpc) is 2.96. The number of carbonyl (C=O) groups excluding carboxylic acids is 1. The fraction of sp³-hybridized carbons (Fsp3) is 0.143. The molecule has 0 saturated heterocycles. The highest BCUT2D eigenvalue weighted by atomic mass is 79.9. The van der Waals surface area contributed by atoms with Crippen molar-refractivity contribution in [2.75, 3.05) is 5.32 Å². The molecule has 0 radical (unpaired) electrons. The fourth-order valence-corrected chi connectivity index (χ4v) is 2.46. The third-order valence-electron chi connectivity index (χ3n) is 3.05. The van der Waals surface area contributed by atoms with Gasteiger partial charge in [-0.15, -0.1) is 0 Å². The highest BCUT2D eigenvalue weighted by Crippen LogP contribution is 2.34. The normalized spacial score (nSPS) is 15.7. The van der Waals surface area contributed by atoms with Gasteiger partial charge < -0.3 is 5.32 Å². The standard InChI is InChI=1S/C14H12BrN3O/c1-2-18-8-9(7-16-18)5-12-11-6-10(15)3-4-13(11)17-14(12)19/h3-8H,2H2,1H3,(H,17,19). The predicted octanol–water partition coefficient (Wildman–Crippen LogP) is 3.16. The average molecular weight is 318 g/mol. The van der Waals surface area contributed by atoms with Crippen LogP contribution in [0.15, 0.2) is 35.1 Å². The number of nitrogens with one attached hydrogen (secondary N) is 1. The number of hydrogen-bond acceptors (Lipinski definition) is 2. The second-order valence-corrected chi connectivity index (χ2v) is 5.25. The van der Waals surface area contributed by atoms with Crippen LogP contribution in [-0.4, -0.2) is 15.7 Å². The SMILES string of the molecule is CCn1cc(C=C2C(=O)Nc3ccc(Br)cc32)cn1. The van der Waals surface area contributed by atoms with Crippen molar-refractivity contribution in [3.8, 4) is 0 Å². The summed E-state index contributed by atoms with van der Waals surface area (Å²) in [7, 11) is 0. The zero-order valence-electron chi connectivity index (χ0n) is 10.4. The maximum Gasteiger partial charge on any atom is 0.256 e. The van der Waals surface area contributed by atoms with Crippen LogP contribution in [0.4, 0.5) is 5.69 Å². The van der Waals surface area contributed by atoms with Crippen LogP contribution in [0.1, 0.15) is 18.1 Å². The number of hydrogen-bond donors (Lipinski definition) is 1. The van der Waals surface area contributed by atoms with E-state index in [1.165, 1.54) is 0 Å². The van der Waals surface area contributed by atoms with Crippen molar-refractivity contribution in [2.45, 2.75) is 13.5 Å². The minimum atomic E-state index is -0.0719. The summed E-state index contributed by atoms with van der Waals surface area (Å²) in [6.07, 6.45) is 5.56. The molecule has 5 heteroatoms. The number of fused-ring (bicyclic) bond motifs is 1. The van der Waals surface area contributed by atoms with Gasteiger partial charge in [0, 0.05) is 39.6 Å². The van der Waals surface area contributed by atoms with Crippen LogP contribution in [0.3, 0.4) is 0 Å². The number of aromatic nitrogens is 2. The highest BCUT2D eigenvalue weighted by Gasteiger charge is 2.24. The molecule has 0 unspecified atom stereocenters. The lowest BCUT2D eigenvalue weighted by molar-refractivity contribution is -0.110. The number of rotatable bonds is 2. The van der Waals surface area contributed by atoms with E-state index in [1.54, 1.807) is 6.20 Å². The Labute approximate surface area is 119 Å². The smallest absolute Gasteiger partial charge is 0.256 e. The molecule has 0 spiro atoms. The topological polar surface area (TPSA) is 46.9 Å². The Morgan fingerprint density at radius 1 is 1.47 bits per heavy atom. The first kappa shape index (κ1) is 12.2. The van der Waals surface area contributed by atoms with Crippen molar-refractivity contribution < 1.29 is 4.79 Å². The van der Waals surface area contributed by atoms with Crippen LogP contribution in [-0.2, 0) is 11.3 Å². The van der Waals surface area contributed by atoms with Gasteiger partial charge in [0.05, 0.1) is 6.20 Å². The van der Waals surface area contributed by atoms with E-state index in [0.717, 1.165) is 27.8 Å². The second kappa shape index (κ2) is 4.66. The van der Waals surface area contributed by atoms with Gasteiger partial charge in [0.1, 0.15) is 0 Å². The molecule has 2 heterocycles. The first-order chi connectivity index (χ1) is 9.17. The van der Waals surface area contributed by atoms with Crippen LogP contribution in [0.5, 0.6) is 0 Å². The maximum atomic E-state index is 12.0. The minimum Gasteiger partial charge on any atom is -0.321 e. The number of benzene rings is 1. The molecule has 4 nitrogen and oxygen atoms in total. The molecule has 3 rings (SSSR count). The number of nitrogens with zero attached hydrogens (tertiary/aromatic N) is 2. The molecule has 1 aliphatic heterocycles. The Hall–Kier alpha value is -1.88. The number of amides is 1. The summed E-state index contributed by atoms with van der Waals surface area (Å²) in [4.78, 5) is 12.0. The predicted molar refractivity (Wildman–Crippen MR) is 78.5 cm³/mol. The molecule has 0 fully saturated rings. The van der Waals surface area contributed by atoms with Gasteiger partial charge in [-0.1, -0.05) is 15.9 Å². The van der Waals surface area contributed by atoms with Crippen LogP contribution in [0.25, 0.3) is 11.6 Å². The van der Waals surface area contributed by atoms with Crippen molar-refractivity contribution in [1.29, 1.82) is 0 Å². The summed E-state index contributed by atoms with van der Waals surface area (Å²) in [6.45, 7) is 2.84. The van der Waals surface area contributed by atoms with Crippen LogP contribution >= 0.6 is 15.9 Å². The van der Waals surface area contributed by atoms with Crippen molar-refractivity contribution in [3.63, 3.8) is 0 Å². The van der Waals surface area contributed by atoms with Gasteiger partial charge in [-0.2, -0.15) is 5.10 Å². The zero-order valence-corrected chi connectivity index (χ0v) is 11.9. The van der Waals surface area contributed by atoms with E-state index in [1.807, 2.05) is 42.1 Å². The van der Waals surface area contributed by atoms with E-state index in [-0.39, 0.29) is 5.91 Å². The molecule has 96 valence electrons. The van der Waals surface area contributed by atoms with Gasteiger partial charge in [0.2, 0.25) is 0 Å². The van der Waals surface area contributed by atoms with Crippen molar-refractivity contribution in [3.05, 3.63) is 46.2 Å². The third kappa shape index (κ3) is 2.21. The quantitative estimate of drug-likeness (QED) is 0.865. The van der Waals surface area contributed by atoms with E-state index in [0.29, 0.717) is 5.57 Å². The van der Waals surface area contributed by atoms with Gasteiger partial charge in [-0.3, -0.25) is 9.48 Å². The van der Waals surface area contributed by atoms with E-state index in [2.05, 4.69) is 26.3 Å². The van der Waals surface area contributed by atoms with Crippen molar-refractivity contribution >= 4 is 39.2 Å². The largest absolute Gasteiger partial charge is 0.321 e.